The van der Waals surface area contributed by atoms with Crippen LogP contribution in [0.2, 0.25) is 0 Å². The van der Waals surface area contributed by atoms with E-state index < -0.39 is 0 Å². The second-order valence-electron chi connectivity index (χ2n) is 4.48. The number of rotatable bonds is 5. The third kappa shape index (κ3) is 3.47. The van der Waals surface area contributed by atoms with Crippen molar-refractivity contribution in [3.8, 4) is 5.75 Å². The third-order valence-corrected chi connectivity index (χ3v) is 2.90. The number of aryl methyl sites for hydroxylation is 1. The van der Waals surface area contributed by atoms with Crippen LogP contribution in [-0.4, -0.2) is 26.1 Å². The average molecular weight is 250 g/mol. The van der Waals surface area contributed by atoms with Crippen molar-refractivity contribution in [2.24, 2.45) is 5.73 Å². The van der Waals surface area contributed by atoms with Crippen LogP contribution in [0.5, 0.6) is 5.75 Å². The molecular weight excluding hydrogens is 228 g/mol. The summed E-state index contributed by atoms with van der Waals surface area (Å²) in [7, 11) is 3.42. The first kappa shape index (κ1) is 14.5. The maximum atomic E-state index is 11.9. The first-order valence-electron chi connectivity index (χ1n) is 6.18. The fourth-order valence-electron chi connectivity index (χ4n) is 1.81. The minimum Gasteiger partial charge on any atom is -0.496 e. The molecule has 18 heavy (non-hydrogen) atoms. The summed E-state index contributed by atoms with van der Waals surface area (Å²) >= 11 is 0. The molecular formula is C14H22N2O2. The molecule has 4 heteroatoms. The molecule has 100 valence electrons. The van der Waals surface area contributed by atoms with Gasteiger partial charge < -0.3 is 15.4 Å². The molecule has 1 aromatic carbocycles. The number of ether oxygens (including phenoxy) is 1. The quantitative estimate of drug-likeness (QED) is 0.869. The highest BCUT2D eigenvalue weighted by Gasteiger charge is 2.14. The number of anilines is 1. The van der Waals surface area contributed by atoms with Crippen LogP contribution in [0.1, 0.15) is 25.8 Å². The maximum Gasteiger partial charge on any atom is 0.228 e. The van der Waals surface area contributed by atoms with E-state index in [1.54, 1.807) is 19.1 Å². The fraction of sp³-hybridized carbons (Fsp3) is 0.500. The largest absolute Gasteiger partial charge is 0.496 e. The number of hydrogen-bond donors (Lipinski definition) is 1. The Bertz CT molecular complexity index is 416. The van der Waals surface area contributed by atoms with Crippen LogP contribution in [0.4, 0.5) is 5.69 Å². The van der Waals surface area contributed by atoms with E-state index in [1.807, 2.05) is 25.1 Å². The number of amides is 1. The van der Waals surface area contributed by atoms with E-state index in [2.05, 4.69) is 6.92 Å². The molecule has 1 atom stereocenters. The number of nitrogens with two attached hydrogens (primary N) is 1. The van der Waals surface area contributed by atoms with Crippen LogP contribution in [0.25, 0.3) is 0 Å². The Morgan fingerprint density at radius 1 is 1.50 bits per heavy atom. The number of hydrogen-bond acceptors (Lipinski definition) is 3. The van der Waals surface area contributed by atoms with Crippen molar-refractivity contribution in [1.82, 2.24) is 0 Å². The summed E-state index contributed by atoms with van der Waals surface area (Å²) < 4.78 is 5.27. The van der Waals surface area contributed by atoms with Gasteiger partial charge in [0.1, 0.15) is 5.75 Å². The molecule has 0 spiro atoms. The lowest BCUT2D eigenvalue weighted by Gasteiger charge is -2.20. The lowest BCUT2D eigenvalue weighted by Crippen LogP contribution is -2.31. The summed E-state index contributed by atoms with van der Waals surface area (Å²) in [6.07, 6.45) is 1.22. The number of carbonyl (C=O) groups excluding carboxylic acids is 1. The van der Waals surface area contributed by atoms with Gasteiger partial charge in [0, 0.05) is 25.2 Å². The molecule has 0 aliphatic heterocycles. The summed E-state index contributed by atoms with van der Waals surface area (Å²) in [5.41, 5.74) is 7.61. The molecule has 2 N–H and O–H groups in total. The van der Waals surface area contributed by atoms with Gasteiger partial charge in [-0.25, -0.2) is 0 Å². The highest BCUT2D eigenvalue weighted by molar-refractivity contribution is 5.93. The van der Waals surface area contributed by atoms with Gasteiger partial charge in [0.25, 0.3) is 0 Å². The van der Waals surface area contributed by atoms with E-state index in [9.17, 15) is 4.79 Å². The first-order chi connectivity index (χ1) is 8.49. The molecule has 0 radical (unpaired) electrons. The predicted octanol–water partition coefficient (Wildman–Crippen LogP) is 1.96. The van der Waals surface area contributed by atoms with Crippen molar-refractivity contribution >= 4 is 11.6 Å². The molecule has 0 fully saturated rings. The second kappa shape index (κ2) is 6.40. The molecule has 0 saturated heterocycles. The molecule has 1 unspecified atom stereocenters. The third-order valence-electron chi connectivity index (χ3n) is 2.90. The lowest BCUT2D eigenvalue weighted by molar-refractivity contribution is -0.118. The van der Waals surface area contributed by atoms with Crippen LogP contribution in [-0.2, 0) is 11.2 Å². The number of nitrogens with zero attached hydrogens (tertiary/aromatic N) is 1. The van der Waals surface area contributed by atoms with E-state index in [4.69, 9.17) is 10.5 Å². The van der Waals surface area contributed by atoms with Gasteiger partial charge in [-0.15, -0.1) is 0 Å². The number of methoxy groups -OCH3 is 1. The summed E-state index contributed by atoms with van der Waals surface area (Å²) in [5.74, 6) is 0.881. The van der Waals surface area contributed by atoms with Crippen LogP contribution < -0.4 is 15.4 Å². The van der Waals surface area contributed by atoms with Gasteiger partial charge in [-0.05, 0) is 37.1 Å². The van der Waals surface area contributed by atoms with E-state index in [0.717, 1.165) is 23.4 Å². The van der Waals surface area contributed by atoms with Crippen molar-refractivity contribution in [1.29, 1.82) is 0 Å². The van der Waals surface area contributed by atoms with Crippen molar-refractivity contribution in [3.63, 3.8) is 0 Å². The highest BCUT2D eigenvalue weighted by atomic mass is 16.5. The van der Waals surface area contributed by atoms with E-state index in [0.29, 0.717) is 6.42 Å². The smallest absolute Gasteiger partial charge is 0.228 e. The fourth-order valence-corrected chi connectivity index (χ4v) is 1.81. The van der Waals surface area contributed by atoms with Crippen molar-refractivity contribution in [2.45, 2.75) is 32.7 Å². The van der Waals surface area contributed by atoms with Gasteiger partial charge in [0.15, 0.2) is 0 Å². The maximum absolute atomic E-state index is 11.9. The van der Waals surface area contributed by atoms with Crippen molar-refractivity contribution < 1.29 is 9.53 Å². The second-order valence-corrected chi connectivity index (χ2v) is 4.48. The monoisotopic (exact) mass is 250 g/mol. The minimum atomic E-state index is -0.121. The molecule has 4 nitrogen and oxygen atoms in total. The predicted molar refractivity (Wildman–Crippen MR) is 74.0 cm³/mol. The first-order valence-corrected chi connectivity index (χ1v) is 6.18. The van der Waals surface area contributed by atoms with E-state index >= 15 is 0 Å². The highest BCUT2D eigenvalue weighted by Crippen LogP contribution is 2.25. The Balaban J connectivity index is 2.92. The minimum absolute atomic E-state index is 0.0252. The molecule has 0 saturated carbocycles. The SMILES string of the molecule is CCc1cc(N(C)C(=O)CC(C)N)ccc1OC. The van der Waals surface area contributed by atoms with Crippen LogP contribution in [0.3, 0.4) is 0 Å². The average Bonchev–Trinajstić information content (AvgIpc) is 2.36. The van der Waals surface area contributed by atoms with Crippen LogP contribution in [0.15, 0.2) is 18.2 Å². The zero-order chi connectivity index (χ0) is 13.7. The molecule has 0 aliphatic carbocycles. The van der Waals surface area contributed by atoms with Gasteiger partial charge in [-0.2, -0.15) is 0 Å². The molecule has 0 heterocycles. The Hall–Kier alpha value is -1.55. The van der Waals surface area contributed by atoms with Gasteiger partial charge in [0.05, 0.1) is 7.11 Å². The Kier molecular flexibility index (Phi) is 5.16. The zero-order valence-electron chi connectivity index (χ0n) is 11.6. The molecule has 1 amide bonds. The van der Waals surface area contributed by atoms with E-state index in [1.165, 1.54) is 0 Å². The van der Waals surface area contributed by atoms with Crippen molar-refractivity contribution in [2.75, 3.05) is 19.1 Å². The Morgan fingerprint density at radius 2 is 2.17 bits per heavy atom. The number of benzene rings is 1. The summed E-state index contributed by atoms with van der Waals surface area (Å²) in [4.78, 5) is 13.6. The van der Waals surface area contributed by atoms with Crippen molar-refractivity contribution in [3.05, 3.63) is 23.8 Å². The van der Waals surface area contributed by atoms with E-state index in [-0.39, 0.29) is 11.9 Å². The van der Waals surface area contributed by atoms with Gasteiger partial charge in [0.2, 0.25) is 5.91 Å². The van der Waals surface area contributed by atoms with Gasteiger partial charge in [-0.1, -0.05) is 6.92 Å². The Labute approximate surface area is 109 Å². The molecule has 1 rings (SSSR count). The van der Waals surface area contributed by atoms with Gasteiger partial charge in [-0.3, -0.25) is 4.79 Å². The Morgan fingerprint density at radius 3 is 2.67 bits per heavy atom. The summed E-state index contributed by atoms with van der Waals surface area (Å²) in [6.45, 7) is 3.89. The summed E-state index contributed by atoms with van der Waals surface area (Å²) in [6, 6.07) is 5.64. The molecule has 0 bridgehead atoms. The van der Waals surface area contributed by atoms with Gasteiger partial charge >= 0.3 is 0 Å². The zero-order valence-corrected chi connectivity index (χ0v) is 11.6. The molecule has 0 aromatic heterocycles. The topological polar surface area (TPSA) is 55.6 Å². The summed E-state index contributed by atoms with van der Waals surface area (Å²) in [5, 5.41) is 0. The lowest BCUT2D eigenvalue weighted by atomic mass is 10.1. The van der Waals surface area contributed by atoms with Crippen LogP contribution in [0, 0.1) is 0 Å². The molecule has 1 aromatic rings. The molecule has 0 aliphatic rings. The number of carbonyl (C=O) groups is 1. The standard InChI is InChI=1S/C14H22N2O2/c1-5-11-9-12(6-7-13(11)18-4)16(3)14(17)8-10(2)15/h6-7,9-10H,5,8,15H2,1-4H3. The van der Waals surface area contributed by atoms with Crippen LogP contribution >= 0.6 is 0 Å². The normalized spacial score (nSPS) is 12.1.